The number of nitrogens with one attached hydrogen (secondary N) is 1. The van der Waals surface area contributed by atoms with Gasteiger partial charge >= 0.3 is 96.0 Å². The Morgan fingerprint density at radius 2 is 2.13 bits per heavy atom. The molecule has 0 aromatic carbocycles. The van der Waals surface area contributed by atoms with Crippen molar-refractivity contribution in [1.82, 2.24) is 0 Å². The van der Waals surface area contributed by atoms with Crippen LogP contribution >= 0.6 is 0 Å². The van der Waals surface area contributed by atoms with Gasteiger partial charge in [-0.25, -0.2) is 0 Å². The van der Waals surface area contributed by atoms with Crippen LogP contribution in [0.25, 0.3) is 0 Å². The van der Waals surface area contributed by atoms with E-state index in [1.807, 2.05) is 13.0 Å². The number of carboxylic acids is 1. The molecule has 0 fully saturated rings. The van der Waals surface area contributed by atoms with Crippen LogP contribution in [0.15, 0.2) is 6.07 Å². The van der Waals surface area contributed by atoms with Gasteiger partial charge in [0.05, 0.1) is 0 Å². The molecule has 0 spiro atoms. The van der Waals surface area contributed by atoms with Gasteiger partial charge in [-0.2, -0.15) is 0 Å². The summed E-state index contributed by atoms with van der Waals surface area (Å²) in [6.07, 6.45) is 0. The summed E-state index contributed by atoms with van der Waals surface area (Å²) < 4.78 is 1.79. The van der Waals surface area contributed by atoms with Crippen molar-refractivity contribution in [3.63, 3.8) is 0 Å². The van der Waals surface area contributed by atoms with Gasteiger partial charge in [-0.05, 0) is 0 Å². The van der Waals surface area contributed by atoms with Crippen LogP contribution in [-0.2, 0) is 5.41 Å². The Morgan fingerprint density at radius 1 is 1.53 bits per heavy atom. The number of aromatic carboxylic acids is 1. The zero-order valence-electron chi connectivity index (χ0n) is 9.55. The molecule has 0 aliphatic heterocycles. The van der Waals surface area contributed by atoms with Gasteiger partial charge in [0.15, 0.2) is 0 Å². The van der Waals surface area contributed by atoms with E-state index in [2.05, 4.69) is 26.1 Å². The molecule has 0 saturated heterocycles. The summed E-state index contributed by atoms with van der Waals surface area (Å²) in [5, 5.41) is 12.2. The molecule has 1 aromatic rings. The second-order valence-corrected chi connectivity index (χ2v) is 6.65. The van der Waals surface area contributed by atoms with Crippen molar-refractivity contribution >= 4 is 26.2 Å². The van der Waals surface area contributed by atoms with Gasteiger partial charge in [0.2, 0.25) is 0 Å². The molecular weight excluding hydrogens is 257 g/mol. The Hall–Kier alpha value is -0.731. The molecule has 4 heteroatoms. The van der Waals surface area contributed by atoms with Gasteiger partial charge < -0.3 is 0 Å². The molecule has 0 aliphatic rings. The van der Waals surface area contributed by atoms with Crippen LogP contribution in [0.2, 0.25) is 0 Å². The maximum absolute atomic E-state index is 11.0. The normalized spacial score (nSPS) is 11.5. The minimum atomic E-state index is -0.790. The third-order valence-electron chi connectivity index (χ3n) is 2.03. The predicted molar refractivity (Wildman–Crippen MR) is 63.2 cm³/mol. The molecule has 0 aliphatic carbocycles. The topological polar surface area (TPSA) is 49.3 Å². The molecule has 0 unspecified atom stereocenters. The fraction of sp³-hybridized carbons (Fsp3) is 0.545. The second-order valence-electron chi connectivity index (χ2n) is 4.44. The second kappa shape index (κ2) is 4.42. The van der Waals surface area contributed by atoms with Crippen LogP contribution in [0.1, 0.15) is 41.4 Å². The van der Waals surface area contributed by atoms with Crippen molar-refractivity contribution in [3.05, 3.63) is 14.9 Å². The van der Waals surface area contributed by atoms with Crippen LogP contribution in [-0.4, -0.2) is 32.1 Å². The summed E-state index contributed by atoms with van der Waals surface area (Å²) in [5.41, 5.74) is 0.868. The van der Waals surface area contributed by atoms with E-state index >= 15 is 0 Å². The number of carbonyl (C=O) groups is 1. The fourth-order valence-electron chi connectivity index (χ4n) is 1.24. The standard InChI is InChI=1S/C11H17NO2Se/c1-5-12-7-6-8(11(2,3)4)15-9(7)10(13)14/h6,12H,5H2,1-4H3,(H,13,14). The molecule has 1 rings (SSSR count). The third kappa shape index (κ3) is 2.86. The first-order valence-electron chi connectivity index (χ1n) is 4.97. The summed E-state index contributed by atoms with van der Waals surface area (Å²) in [4.78, 5) is 11.0. The Kier molecular flexibility index (Phi) is 3.63. The van der Waals surface area contributed by atoms with Crippen molar-refractivity contribution in [2.24, 2.45) is 0 Å². The minimum absolute atomic E-state index is 0.0401. The number of carboxylic acid groups (broad SMARTS) is 1. The maximum atomic E-state index is 11.0. The summed E-state index contributed by atoms with van der Waals surface area (Å²) in [7, 11) is 0. The van der Waals surface area contributed by atoms with E-state index in [0.717, 1.165) is 12.2 Å². The van der Waals surface area contributed by atoms with Crippen molar-refractivity contribution in [1.29, 1.82) is 0 Å². The predicted octanol–water partition coefficient (Wildman–Crippen LogP) is 2.17. The van der Waals surface area contributed by atoms with Gasteiger partial charge in [0.25, 0.3) is 0 Å². The van der Waals surface area contributed by atoms with E-state index in [-0.39, 0.29) is 19.9 Å². The van der Waals surface area contributed by atoms with Crippen molar-refractivity contribution in [2.75, 3.05) is 11.9 Å². The summed E-state index contributed by atoms with van der Waals surface area (Å²) in [6.45, 7) is 9.09. The first kappa shape index (κ1) is 12.3. The molecule has 0 atom stereocenters. The van der Waals surface area contributed by atoms with E-state index in [1.54, 1.807) is 0 Å². The molecule has 0 saturated carbocycles. The van der Waals surface area contributed by atoms with Crippen molar-refractivity contribution < 1.29 is 9.90 Å². The average molecular weight is 274 g/mol. The SMILES string of the molecule is CCNc1cc(C(C)(C)C)[se]c1C(=O)O. The van der Waals surface area contributed by atoms with Crippen LogP contribution < -0.4 is 5.32 Å². The monoisotopic (exact) mass is 275 g/mol. The molecule has 2 N–H and O–H groups in total. The van der Waals surface area contributed by atoms with E-state index in [0.29, 0.717) is 4.44 Å². The molecule has 15 heavy (non-hydrogen) atoms. The van der Waals surface area contributed by atoms with Gasteiger partial charge in [-0.15, -0.1) is 0 Å². The number of hydrogen-bond donors (Lipinski definition) is 2. The Labute approximate surface area is 96.2 Å². The average Bonchev–Trinajstić information content (AvgIpc) is 2.48. The van der Waals surface area contributed by atoms with Crippen LogP contribution in [0, 0.1) is 0 Å². The summed E-state index contributed by atoms with van der Waals surface area (Å²) in [6, 6.07) is 2.01. The third-order valence-corrected chi connectivity index (χ3v) is 5.28. The Bertz CT molecular complexity index is 363. The van der Waals surface area contributed by atoms with E-state index in [9.17, 15) is 4.79 Å². The molecule has 0 bridgehead atoms. The van der Waals surface area contributed by atoms with Crippen LogP contribution in [0.4, 0.5) is 5.69 Å². The van der Waals surface area contributed by atoms with Gasteiger partial charge in [-0.1, -0.05) is 0 Å². The van der Waals surface area contributed by atoms with E-state index < -0.39 is 5.97 Å². The summed E-state index contributed by atoms with van der Waals surface area (Å²) in [5.74, 6) is -0.790. The van der Waals surface area contributed by atoms with Crippen LogP contribution in [0.3, 0.4) is 0 Å². The van der Waals surface area contributed by atoms with Gasteiger partial charge in [0, 0.05) is 0 Å². The van der Waals surface area contributed by atoms with E-state index in [4.69, 9.17) is 5.11 Å². The fourth-order valence-corrected chi connectivity index (χ4v) is 3.40. The Morgan fingerprint density at radius 3 is 2.53 bits per heavy atom. The quantitative estimate of drug-likeness (QED) is 0.830. The number of rotatable bonds is 3. The summed E-state index contributed by atoms with van der Waals surface area (Å²) >= 11 is -0.0401. The molecule has 0 radical (unpaired) electrons. The van der Waals surface area contributed by atoms with Crippen molar-refractivity contribution in [3.8, 4) is 0 Å². The first-order valence-corrected chi connectivity index (χ1v) is 6.69. The van der Waals surface area contributed by atoms with E-state index in [1.165, 1.54) is 4.44 Å². The molecule has 1 heterocycles. The van der Waals surface area contributed by atoms with Gasteiger partial charge in [0.1, 0.15) is 0 Å². The zero-order valence-corrected chi connectivity index (χ0v) is 11.3. The van der Waals surface area contributed by atoms with Gasteiger partial charge in [-0.3, -0.25) is 0 Å². The molecular formula is C11H17NO2Se. The Balaban J connectivity index is 3.15. The van der Waals surface area contributed by atoms with Crippen LogP contribution in [0.5, 0.6) is 0 Å². The molecule has 3 nitrogen and oxygen atoms in total. The number of hydrogen-bond acceptors (Lipinski definition) is 2. The molecule has 84 valence electrons. The molecule has 1 aromatic heterocycles. The zero-order chi connectivity index (χ0) is 11.6. The van der Waals surface area contributed by atoms with Crippen molar-refractivity contribution in [2.45, 2.75) is 33.1 Å². The molecule has 0 amide bonds. The number of anilines is 1. The first-order chi connectivity index (χ1) is 6.86.